The van der Waals surface area contributed by atoms with Gasteiger partial charge in [0.25, 0.3) is 11.8 Å². The number of carbonyl (C=O) groups is 3. The van der Waals surface area contributed by atoms with Crippen molar-refractivity contribution in [2.24, 2.45) is 0 Å². The first kappa shape index (κ1) is 14.4. The maximum absolute atomic E-state index is 11.6. The summed E-state index contributed by atoms with van der Waals surface area (Å²) < 4.78 is 4.80. The van der Waals surface area contributed by atoms with Crippen LogP contribution in [0.3, 0.4) is 0 Å². The molecule has 0 bridgehead atoms. The standard InChI is InChI=1S/C13H11NO4S2/c15-11(14-13(17)10-4-2-6-20-10)8-18-12(16)7-9-3-1-5-19-9/h1-6H,7-8H2,(H,14,15,17). The van der Waals surface area contributed by atoms with E-state index in [4.69, 9.17) is 4.74 Å². The van der Waals surface area contributed by atoms with Gasteiger partial charge in [-0.25, -0.2) is 0 Å². The van der Waals surface area contributed by atoms with E-state index in [1.165, 1.54) is 22.7 Å². The van der Waals surface area contributed by atoms with Crippen LogP contribution >= 0.6 is 22.7 Å². The second kappa shape index (κ2) is 6.97. The van der Waals surface area contributed by atoms with Crippen molar-refractivity contribution >= 4 is 40.5 Å². The third-order valence-corrected chi connectivity index (χ3v) is 4.01. The number of hydrogen-bond acceptors (Lipinski definition) is 6. The Labute approximate surface area is 123 Å². The molecule has 2 heterocycles. The summed E-state index contributed by atoms with van der Waals surface area (Å²) in [6.45, 7) is -0.457. The fourth-order valence-corrected chi connectivity index (χ4v) is 2.69. The Balaban J connectivity index is 1.72. The summed E-state index contributed by atoms with van der Waals surface area (Å²) in [7, 11) is 0. The van der Waals surface area contributed by atoms with Gasteiger partial charge in [-0.1, -0.05) is 12.1 Å². The van der Waals surface area contributed by atoms with E-state index in [9.17, 15) is 14.4 Å². The highest BCUT2D eigenvalue weighted by Crippen LogP contribution is 2.10. The largest absolute Gasteiger partial charge is 0.455 e. The topological polar surface area (TPSA) is 72.5 Å². The second-order valence-electron chi connectivity index (χ2n) is 3.77. The Kier molecular flexibility index (Phi) is 5.03. The lowest BCUT2D eigenvalue weighted by Gasteiger charge is -2.04. The summed E-state index contributed by atoms with van der Waals surface area (Å²) in [5.41, 5.74) is 0. The van der Waals surface area contributed by atoms with Crippen LogP contribution < -0.4 is 5.32 Å². The minimum atomic E-state index is -0.636. The molecule has 0 aliphatic heterocycles. The number of carbonyl (C=O) groups excluding carboxylic acids is 3. The molecule has 7 heteroatoms. The lowest BCUT2D eigenvalue weighted by atomic mass is 10.3. The Morgan fingerprint density at radius 3 is 2.50 bits per heavy atom. The van der Waals surface area contributed by atoms with Crippen molar-refractivity contribution in [2.75, 3.05) is 6.61 Å². The van der Waals surface area contributed by atoms with Gasteiger partial charge < -0.3 is 4.74 Å². The Morgan fingerprint density at radius 2 is 1.85 bits per heavy atom. The van der Waals surface area contributed by atoms with Gasteiger partial charge in [0, 0.05) is 4.88 Å². The molecule has 0 aliphatic carbocycles. The molecular formula is C13H11NO4S2. The van der Waals surface area contributed by atoms with Crippen LogP contribution in [0.4, 0.5) is 0 Å². The normalized spacial score (nSPS) is 10.0. The third kappa shape index (κ3) is 4.29. The van der Waals surface area contributed by atoms with Crippen LogP contribution in [0.15, 0.2) is 35.0 Å². The van der Waals surface area contributed by atoms with E-state index in [-0.39, 0.29) is 6.42 Å². The molecule has 1 N–H and O–H groups in total. The van der Waals surface area contributed by atoms with Gasteiger partial charge in [0.2, 0.25) is 0 Å². The van der Waals surface area contributed by atoms with Crippen LogP contribution in [-0.2, 0) is 20.7 Å². The van der Waals surface area contributed by atoms with Crippen LogP contribution in [0.5, 0.6) is 0 Å². The number of amides is 2. The van der Waals surface area contributed by atoms with Gasteiger partial charge in [-0.15, -0.1) is 22.7 Å². The molecule has 0 fully saturated rings. The van der Waals surface area contributed by atoms with E-state index in [2.05, 4.69) is 5.32 Å². The number of thiophene rings is 2. The predicted molar refractivity (Wildman–Crippen MR) is 75.8 cm³/mol. The average molecular weight is 309 g/mol. The number of imide groups is 1. The molecule has 0 saturated carbocycles. The van der Waals surface area contributed by atoms with Gasteiger partial charge in [-0.2, -0.15) is 0 Å². The van der Waals surface area contributed by atoms with Crippen LogP contribution in [0.2, 0.25) is 0 Å². The predicted octanol–water partition coefficient (Wildman–Crippen LogP) is 1.85. The molecule has 2 amide bonds. The Hall–Kier alpha value is -1.99. The van der Waals surface area contributed by atoms with Crippen molar-refractivity contribution < 1.29 is 19.1 Å². The minimum absolute atomic E-state index is 0.129. The van der Waals surface area contributed by atoms with Crippen molar-refractivity contribution in [1.29, 1.82) is 0 Å². The minimum Gasteiger partial charge on any atom is -0.455 e. The molecule has 104 valence electrons. The molecular weight excluding hydrogens is 298 g/mol. The molecule has 0 radical (unpaired) electrons. The summed E-state index contributed by atoms with van der Waals surface area (Å²) in [5.74, 6) is -1.62. The summed E-state index contributed by atoms with van der Waals surface area (Å²) in [5, 5.41) is 5.75. The Morgan fingerprint density at radius 1 is 1.10 bits per heavy atom. The van der Waals surface area contributed by atoms with Crippen molar-refractivity contribution in [2.45, 2.75) is 6.42 Å². The maximum Gasteiger partial charge on any atom is 0.311 e. The van der Waals surface area contributed by atoms with Crippen molar-refractivity contribution in [1.82, 2.24) is 5.32 Å². The van der Waals surface area contributed by atoms with Crippen molar-refractivity contribution in [3.63, 3.8) is 0 Å². The fraction of sp³-hybridized carbons (Fsp3) is 0.154. The van der Waals surface area contributed by atoms with Crippen LogP contribution in [0.1, 0.15) is 14.5 Å². The molecule has 5 nitrogen and oxygen atoms in total. The summed E-state index contributed by atoms with van der Waals surface area (Å²) in [6.07, 6.45) is 0.129. The molecule has 0 spiro atoms. The van der Waals surface area contributed by atoms with E-state index in [1.807, 2.05) is 17.5 Å². The van der Waals surface area contributed by atoms with Gasteiger partial charge in [-0.05, 0) is 22.9 Å². The maximum atomic E-state index is 11.6. The molecule has 2 rings (SSSR count). The number of ether oxygens (including phenoxy) is 1. The van der Waals surface area contributed by atoms with Crippen LogP contribution in [-0.4, -0.2) is 24.4 Å². The van der Waals surface area contributed by atoms with Crippen molar-refractivity contribution in [3.05, 3.63) is 44.8 Å². The molecule has 20 heavy (non-hydrogen) atoms. The van der Waals surface area contributed by atoms with Gasteiger partial charge >= 0.3 is 5.97 Å². The lowest BCUT2D eigenvalue weighted by Crippen LogP contribution is -2.33. The van der Waals surface area contributed by atoms with E-state index in [0.717, 1.165) is 4.88 Å². The van der Waals surface area contributed by atoms with Crippen LogP contribution in [0.25, 0.3) is 0 Å². The third-order valence-electron chi connectivity index (χ3n) is 2.26. The lowest BCUT2D eigenvalue weighted by molar-refractivity contribution is -0.147. The zero-order valence-corrected chi connectivity index (χ0v) is 12.0. The smallest absolute Gasteiger partial charge is 0.311 e. The van der Waals surface area contributed by atoms with E-state index < -0.39 is 24.4 Å². The van der Waals surface area contributed by atoms with Crippen molar-refractivity contribution in [3.8, 4) is 0 Å². The molecule has 0 atom stereocenters. The van der Waals surface area contributed by atoms with Gasteiger partial charge in [0.05, 0.1) is 11.3 Å². The second-order valence-corrected chi connectivity index (χ2v) is 5.75. The molecule has 0 saturated heterocycles. The fourth-order valence-electron chi connectivity index (χ4n) is 1.38. The van der Waals surface area contributed by atoms with E-state index in [0.29, 0.717) is 4.88 Å². The van der Waals surface area contributed by atoms with E-state index in [1.54, 1.807) is 17.5 Å². The SMILES string of the molecule is O=C(COC(=O)Cc1cccs1)NC(=O)c1cccs1. The van der Waals surface area contributed by atoms with Gasteiger partial charge in [-0.3, -0.25) is 19.7 Å². The van der Waals surface area contributed by atoms with E-state index >= 15 is 0 Å². The summed E-state index contributed by atoms with van der Waals surface area (Å²) in [4.78, 5) is 35.8. The highest BCUT2D eigenvalue weighted by molar-refractivity contribution is 7.12. The first-order chi connectivity index (χ1) is 9.65. The average Bonchev–Trinajstić information content (AvgIpc) is 3.09. The highest BCUT2D eigenvalue weighted by atomic mass is 32.1. The highest BCUT2D eigenvalue weighted by Gasteiger charge is 2.13. The number of rotatable bonds is 5. The summed E-state index contributed by atoms with van der Waals surface area (Å²) >= 11 is 2.67. The van der Waals surface area contributed by atoms with Crippen LogP contribution in [0, 0.1) is 0 Å². The van der Waals surface area contributed by atoms with Gasteiger partial charge in [0.15, 0.2) is 6.61 Å². The quantitative estimate of drug-likeness (QED) is 0.856. The molecule has 0 unspecified atom stereocenters. The molecule has 0 aromatic carbocycles. The number of nitrogens with one attached hydrogen (secondary N) is 1. The number of esters is 1. The summed E-state index contributed by atoms with van der Waals surface area (Å²) in [6, 6.07) is 6.97. The monoisotopic (exact) mass is 309 g/mol. The first-order valence-electron chi connectivity index (χ1n) is 5.71. The molecule has 2 aromatic rings. The zero-order chi connectivity index (χ0) is 14.4. The molecule has 0 aliphatic rings. The molecule has 2 aromatic heterocycles. The first-order valence-corrected chi connectivity index (χ1v) is 7.47. The Bertz CT molecular complexity index is 590. The zero-order valence-electron chi connectivity index (χ0n) is 10.3. The van der Waals surface area contributed by atoms with Gasteiger partial charge in [0.1, 0.15) is 0 Å². The number of hydrogen-bond donors (Lipinski definition) is 1.